The highest BCUT2D eigenvalue weighted by Gasteiger charge is 2.35. The van der Waals surface area contributed by atoms with Gasteiger partial charge in [-0.15, -0.1) is 0 Å². The van der Waals surface area contributed by atoms with Gasteiger partial charge in [0.1, 0.15) is 0 Å². The van der Waals surface area contributed by atoms with E-state index in [2.05, 4.69) is 4.90 Å². The van der Waals surface area contributed by atoms with Crippen LogP contribution in [0.3, 0.4) is 0 Å². The minimum absolute atomic E-state index is 0.204. The van der Waals surface area contributed by atoms with Crippen LogP contribution in [0.1, 0.15) is 24.2 Å². The Morgan fingerprint density at radius 2 is 2.12 bits per heavy atom. The molecule has 2 heterocycles. The van der Waals surface area contributed by atoms with Gasteiger partial charge in [0.2, 0.25) is 0 Å². The van der Waals surface area contributed by atoms with Gasteiger partial charge in [-0.2, -0.15) is 11.3 Å². The highest BCUT2D eigenvalue weighted by molar-refractivity contribution is 7.08. The summed E-state index contributed by atoms with van der Waals surface area (Å²) < 4.78 is 5.31. The van der Waals surface area contributed by atoms with Crippen LogP contribution in [0.2, 0.25) is 0 Å². The van der Waals surface area contributed by atoms with Gasteiger partial charge >= 0.3 is 0 Å². The van der Waals surface area contributed by atoms with Crippen LogP contribution in [0.4, 0.5) is 0 Å². The number of hydrogen-bond donors (Lipinski definition) is 0. The molecule has 0 atom stereocenters. The van der Waals surface area contributed by atoms with Gasteiger partial charge in [-0.05, 0) is 25.3 Å². The monoisotopic (exact) mass is 239 g/mol. The Morgan fingerprint density at radius 3 is 2.69 bits per heavy atom. The number of rotatable bonds is 3. The Balaban J connectivity index is 2.14. The SMILES string of the molecule is CC(C)(C(=O)c1ccsc1)N1CCOCC1. The van der Waals surface area contributed by atoms with E-state index in [1.54, 1.807) is 11.3 Å². The fraction of sp³-hybridized carbons (Fsp3) is 0.583. The second kappa shape index (κ2) is 4.65. The van der Waals surface area contributed by atoms with Crippen LogP contribution in [-0.4, -0.2) is 42.5 Å². The maximum absolute atomic E-state index is 12.4. The molecule has 0 aliphatic carbocycles. The van der Waals surface area contributed by atoms with E-state index in [9.17, 15) is 4.79 Å². The van der Waals surface area contributed by atoms with Crippen molar-refractivity contribution in [2.75, 3.05) is 26.3 Å². The predicted molar refractivity (Wildman–Crippen MR) is 65.1 cm³/mol. The summed E-state index contributed by atoms with van der Waals surface area (Å²) in [6, 6.07) is 1.90. The molecule has 0 amide bonds. The fourth-order valence-electron chi connectivity index (χ4n) is 2.01. The van der Waals surface area contributed by atoms with Gasteiger partial charge in [-0.25, -0.2) is 0 Å². The molecule has 1 saturated heterocycles. The molecule has 0 spiro atoms. The molecule has 4 heteroatoms. The topological polar surface area (TPSA) is 29.5 Å². The lowest BCUT2D eigenvalue weighted by molar-refractivity contribution is -0.00428. The van der Waals surface area contributed by atoms with E-state index in [1.165, 1.54) is 0 Å². The molecule has 0 aromatic carbocycles. The predicted octanol–water partition coefficient (Wildman–Crippen LogP) is 2.04. The van der Waals surface area contributed by atoms with E-state index in [0.717, 1.165) is 31.9 Å². The highest BCUT2D eigenvalue weighted by atomic mass is 32.1. The van der Waals surface area contributed by atoms with Crippen molar-refractivity contribution in [3.8, 4) is 0 Å². The summed E-state index contributed by atoms with van der Waals surface area (Å²) in [5, 5.41) is 3.87. The average Bonchev–Trinajstić information content (AvgIpc) is 2.82. The molecule has 0 N–H and O–H groups in total. The normalized spacial score (nSPS) is 18.6. The quantitative estimate of drug-likeness (QED) is 0.756. The number of Topliss-reactive ketones (excluding diaryl/α,β-unsaturated/α-hetero) is 1. The minimum Gasteiger partial charge on any atom is -0.379 e. The van der Waals surface area contributed by atoms with E-state index >= 15 is 0 Å². The highest BCUT2D eigenvalue weighted by Crippen LogP contribution is 2.22. The van der Waals surface area contributed by atoms with Crippen LogP contribution in [0.15, 0.2) is 16.8 Å². The molecular formula is C12H17NO2S. The Kier molecular flexibility index (Phi) is 3.42. The first-order valence-electron chi connectivity index (χ1n) is 5.52. The van der Waals surface area contributed by atoms with Crippen molar-refractivity contribution in [3.05, 3.63) is 22.4 Å². The Morgan fingerprint density at radius 1 is 1.44 bits per heavy atom. The van der Waals surface area contributed by atoms with E-state index in [-0.39, 0.29) is 5.78 Å². The Bertz CT molecular complexity index is 353. The van der Waals surface area contributed by atoms with Crippen LogP contribution < -0.4 is 0 Å². The van der Waals surface area contributed by atoms with Crippen molar-refractivity contribution in [1.29, 1.82) is 0 Å². The first kappa shape index (κ1) is 11.8. The Labute approximate surface area is 100 Å². The molecule has 1 aromatic heterocycles. The van der Waals surface area contributed by atoms with Crippen molar-refractivity contribution in [2.45, 2.75) is 19.4 Å². The molecule has 0 radical (unpaired) electrons. The molecule has 3 nitrogen and oxygen atoms in total. The van der Waals surface area contributed by atoms with Crippen LogP contribution >= 0.6 is 11.3 Å². The third-order valence-corrected chi connectivity index (χ3v) is 3.82. The second-order valence-electron chi connectivity index (χ2n) is 4.50. The van der Waals surface area contributed by atoms with Crippen molar-refractivity contribution in [2.24, 2.45) is 0 Å². The number of ketones is 1. The smallest absolute Gasteiger partial charge is 0.183 e. The standard InChI is InChI=1S/C12H17NO2S/c1-12(2,13-4-6-15-7-5-13)11(14)10-3-8-16-9-10/h3,8-9H,4-7H2,1-2H3. The largest absolute Gasteiger partial charge is 0.379 e. The Hall–Kier alpha value is -0.710. The summed E-state index contributed by atoms with van der Waals surface area (Å²) in [6.07, 6.45) is 0. The fourth-order valence-corrected chi connectivity index (χ4v) is 2.65. The summed E-state index contributed by atoms with van der Waals surface area (Å²) in [4.78, 5) is 14.6. The van der Waals surface area contributed by atoms with Crippen molar-refractivity contribution in [3.63, 3.8) is 0 Å². The lowest BCUT2D eigenvalue weighted by Crippen LogP contribution is -2.54. The minimum atomic E-state index is -0.426. The lowest BCUT2D eigenvalue weighted by Gasteiger charge is -2.39. The maximum Gasteiger partial charge on any atom is 0.183 e. The van der Waals surface area contributed by atoms with E-state index < -0.39 is 5.54 Å². The van der Waals surface area contributed by atoms with Gasteiger partial charge in [0, 0.05) is 24.0 Å². The number of hydrogen-bond acceptors (Lipinski definition) is 4. The van der Waals surface area contributed by atoms with Crippen molar-refractivity contribution < 1.29 is 9.53 Å². The summed E-state index contributed by atoms with van der Waals surface area (Å²) >= 11 is 1.57. The molecular weight excluding hydrogens is 222 g/mol. The molecule has 16 heavy (non-hydrogen) atoms. The molecule has 0 saturated carbocycles. The zero-order valence-corrected chi connectivity index (χ0v) is 10.5. The maximum atomic E-state index is 12.4. The third-order valence-electron chi connectivity index (χ3n) is 3.14. The van der Waals surface area contributed by atoms with Crippen LogP contribution in [0.5, 0.6) is 0 Å². The van der Waals surface area contributed by atoms with E-state index in [0.29, 0.717) is 0 Å². The van der Waals surface area contributed by atoms with Crippen LogP contribution in [0, 0.1) is 0 Å². The second-order valence-corrected chi connectivity index (χ2v) is 5.28. The van der Waals surface area contributed by atoms with Crippen molar-refractivity contribution in [1.82, 2.24) is 4.90 Å². The zero-order valence-electron chi connectivity index (χ0n) is 9.73. The first-order chi connectivity index (χ1) is 7.62. The van der Waals surface area contributed by atoms with Gasteiger partial charge in [-0.3, -0.25) is 9.69 Å². The van der Waals surface area contributed by atoms with Gasteiger partial charge in [0.25, 0.3) is 0 Å². The molecule has 88 valence electrons. The van der Waals surface area contributed by atoms with E-state index in [4.69, 9.17) is 4.74 Å². The third kappa shape index (κ3) is 2.19. The molecule has 0 unspecified atom stereocenters. The van der Waals surface area contributed by atoms with Crippen LogP contribution in [0.25, 0.3) is 0 Å². The number of nitrogens with zero attached hydrogens (tertiary/aromatic N) is 1. The van der Waals surface area contributed by atoms with Gasteiger partial charge in [0.05, 0.1) is 18.8 Å². The number of ether oxygens (including phenoxy) is 1. The average molecular weight is 239 g/mol. The van der Waals surface area contributed by atoms with Gasteiger partial charge in [-0.1, -0.05) is 0 Å². The molecule has 2 rings (SSSR count). The number of morpholine rings is 1. The molecule has 1 fully saturated rings. The summed E-state index contributed by atoms with van der Waals surface area (Å²) in [6.45, 7) is 7.11. The number of carbonyl (C=O) groups is 1. The van der Waals surface area contributed by atoms with Gasteiger partial charge < -0.3 is 4.74 Å². The summed E-state index contributed by atoms with van der Waals surface area (Å²) in [7, 11) is 0. The first-order valence-corrected chi connectivity index (χ1v) is 6.46. The molecule has 0 bridgehead atoms. The lowest BCUT2D eigenvalue weighted by atomic mass is 9.92. The zero-order chi connectivity index (χ0) is 11.6. The van der Waals surface area contributed by atoms with Crippen molar-refractivity contribution >= 4 is 17.1 Å². The number of thiophene rings is 1. The number of carbonyl (C=O) groups excluding carboxylic acids is 1. The molecule has 1 aliphatic rings. The summed E-state index contributed by atoms with van der Waals surface area (Å²) in [5.74, 6) is 0.204. The van der Waals surface area contributed by atoms with Gasteiger partial charge in [0.15, 0.2) is 5.78 Å². The summed E-state index contributed by atoms with van der Waals surface area (Å²) in [5.41, 5.74) is 0.395. The molecule has 1 aliphatic heterocycles. The van der Waals surface area contributed by atoms with Crippen LogP contribution in [-0.2, 0) is 4.74 Å². The molecule has 1 aromatic rings. The van der Waals surface area contributed by atoms with E-state index in [1.807, 2.05) is 30.7 Å².